The molecule has 1 heterocycles. The van der Waals surface area contributed by atoms with E-state index in [4.69, 9.17) is 11.6 Å². The lowest BCUT2D eigenvalue weighted by Crippen LogP contribution is -2.22. The zero-order valence-electron chi connectivity index (χ0n) is 9.67. The summed E-state index contributed by atoms with van der Waals surface area (Å²) in [6.07, 6.45) is 6.82. The Hall–Kier alpha value is -2.43. The molecule has 0 spiro atoms. The number of nitrogens with two attached hydrogens (primary N) is 2. The average Bonchev–Trinajstić information content (AvgIpc) is 2.38. The number of nitrogens with zero attached hydrogens (tertiary/aromatic N) is 3. The molecule has 1 rings (SSSR count). The van der Waals surface area contributed by atoms with Crippen LogP contribution in [-0.2, 0) is 0 Å². The Morgan fingerprint density at radius 3 is 2.59 bits per heavy atom. The summed E-state index contributed by atoms with van der Waals surface area (Å²) in [5, 5.41) is 3.39. The van der Waals surface area contributed by atoms with Crippen LogP contribution in [-0.4, -0.2) is 16.5 Å². The highest BCUT2D eigenvalue weighted by Crippen LogP contribution is 2.15. The second-order valence-electron chi connectivity index (χ2n) is 3.24. The number of rotatable bonds is 4. The summed E-state index contributed by atoms with van der Waals surface area (Å²) in [7, 11) is 0. The van der Waals surface area contributed by atoms with E-state index in [1.54, 1.807) is 31.5 Å². The van der Waals surface area contributed by atoms with Crippen molar-refractivity contribution in [3.05, 3.63) is 48.8 Å². The van der Waals surface area contributed by atoms with Gasteiger partial charge in [0.15, 0.2) is 5.84 Å². The van der Waals surface area contributed by atoms with Crippen LogP contribution in [0.25, 0.3) is 5.70 Å². The van der Waals surface area contributed by atoms with Crippen LogP contribution in [0.5, 0.6) is 0 Å². The van der Waals surface area contributed by atoms with E-state index >= 15 is 0 Å². The van der Waals surface area contributed by atoms with Crippen LogP contribution in [0.15, 0.2) is 53.4 Å². The highest BCUT2D eigenvalue weighted by Gasteiger charge is 2.02. The lowest BCUT2D eigenvalue weighted by molar-refractivity contribution is 1.24. The average molecular weight is 229 g/mol. The zero-order chi connectivity index (χ0) is 12.7. The van der Waals surface area contributed by atoms with Crippen molar-refractivity contribution in [2.24, 2.45) is 21.7 Å². The van der Waals surface area contributed by atoms with E-state index in [2.05, 4.69) is 21.7 Å². The first-order valence-corrected chi connectivity index (χ1v) is 5.01. The predicted molar refractivity (Wildman–Crippen MR) is 71.3 cm³/mol. The van der Waals surface area contributed by atoms with Crippen molar-refractivity contribution in [1.82, 2.24) is 4.98 Å². The molecule has 5 nitrogen and oxygen atoms in total. The molecule has 4 N–H and O–H groups in total. The summed E-state index contributed by atoms with van der Waals surface area (Å²) in [6.45, 7) is 5.39. The van der Waals surface area contributed by atoms with Crippen LogP contribution in [0.3, 0.4) is 0 Å². The molecule has 17 heavy (non-hydrogen) atoms. The molecule has 1 aromatic heterocycles. The summed E-state index contributed by atoms with van der Waals surface area (Å²) in [6, 6.07) is 3.70. The van der Waals surface area contributed by atoms with E-state index < -0.39 is 0 Å². The van der Waals surface area contributed by atoms with Crippen LogP contribution in [0, 0.1) is 0 Å². The molecule has 0 atom stereocenters. The number of aliphatic imine (C=N–C) groups is 1. The Morgan fingerprint density at radius 2 is 2.06 bits per heavy atom. The fraction of sp³-hybridized carbons (Fsp3) is 0.0833. The van der Waals surface area contributed by atoms with Gasteiger partial charge in [-0.25, -0.2) is 4.99 Å². The smallest absolute Gasteiger partial charge is 0.164 e. The topological polar surface area (TPSA) is 89.6 Å². The Bertz CT molecular complexity index is 471. The normalized spacial score (nSPS) is 13.6. The first-order chi connectivity index (χ1) is 8.19. The van der Waals surface area contributed by atoms with Gasteiger partial charge in [-0.05, 0) is 25.1 Å². The Labute approximate surface area is 100 Å². The first kappa shape index (κ1) is 12.6. The van der Waals surface area contributed by atoms with Crippen LogP contribution in [0.1, 0.15) is 12.5 Å². The van der Waals surface area contributed by atoms with Crippen LogP contribution < -0.4 is 11.6 Å². The summed E-state index contributed by atoms with van der Waals surface area (Å²) < 4.78 is 0. The number of aromatic nitrogens is 1. The molecule has 5 heteroatoms. The number of pyridine rings is 1. The van der Waals surface area contributed by atoms with Gasteiger partial charge in [-0.3, -0.25) is 4.98 Å². The zero-order valence-corrected chi connectivity index (χ0v) is 9.67. The van der Waals surface area contributed by atoms with E-state index in [1.807, 2.05) is 12.1 Å². The maximum absolute atomic E-state index is 5.57. The maximum atomic E-state index is 5.57. The van der Waals surface area contributed by atoms with Gasteiger partial charge in [0.1, 0.15) is 0 Å². The van der Waals surface area contributed by atoms with Gasteiger partial charge >= 0.3 is 0 Å². The number of allylic oxidation sites excluding steroid dienone is 2. The van der Waals surface area contributed by atoms with Crippen LogP contribution in [0.4, 0.5) is 0 Å². The van der Waals surface area contributed by atoms with Gasteiger partial charge in [-0.2, -0.15) is 5.10 Å². The third-order valence-electron chi connectivity index (χ3n) is 2.05. The monoisotopic (exact) mass is 229 g/mol. The van der Waals surface area contributed by atoms with Gasteiger partial charge in [-0.1, -0.05) is 12.7 Å². The van der Waals surface area contributed by atoms with Crippen molar-refractivity contribution in [3.8, 4) is 0 Å². The maximum Gasteiger partial charge on any atom is 0.164 e. The van der Waals surface area contributed by atoms with Gasteiger partial charge in [0.2, 0.25) is 0 Å². The van der Waals surface area contributed by atoms with E-state index in [0.29, 0.717) is 5.71 Å². The Morgan fingerprint density at radius 1 is 1.41 bits per heavy atom. The summed E-state index contributed by atoms with van der Waals surface area (Å²) in [5.41, 5.74) is 7.77. The molecular formula is C12H15N5. The van der Waals surface area contributed by atoms with E-state index in [-0.39, 0.29) is 5.84 Å². The predicted octanol–water partition coefficient (Wildman–Crippen LogP) is 1.30. The minimum absolute atomic E-state index is 0.203. The minimum Gasteiger partial charge on any atom is -0.381 e. The van der Waals surface area contributed by atoms with Gasteiger partial charge in [-0.15, -0.1) is 0 Å². The molecule has 0 aliphatic carbocycles. The Kier molecular flexibility index (Phi) is 4.62. The van der Waals surface area contributed by atoms with E-state index in [9.17, 15) is 0 Å². The lowest BCUT2D eigenvalue weighted by atomic mass is 10.2. The molecule has 0 radical (unpaired) electrons. The second kappa shape index (κ2) is 6.22. The Balaban J connectivity index is 3.14. The molecule has 0 saturated heterocycles. The molecule has 0 aromatic carbocycles. The number of hydrazone groups is 1. The number of amidine groups is 1. The minimum atomic E-state index is 0.203. The van der Waals surface area contributed by atoms with Crippen molar-refractivity contribution >= 4 is 17.2 Å². The largest absolute Gasteiger partial charge is 0.381 e. The molecule has 0 aliphatic heterocycles. The molecule has 0 unspecified atom stereocenters. The van der Waals surface area contributed by atoms with Crippen LogP contribution in [0.2, 0.25) is 0 Å². The highest BCUT2D eigenvalue weighted by molar-refractivity contribution is 6.40. The van der Waals surface area contributed by atoms with Gasteiger partial charge in [0.05, 0.1) is 11.4 Å². The highest BCUT2D eigenvalue weighted by atomic mass is 15.2. The lowest BCUT2D eigenvalue weighted by Gasteiger charge is -2.03. The van der Waals surface area contributed by atoms with Gasteiger partial charge < -0.3 is 11.6 Å². The summed E-state index contributed by atoms with van der Waals surface area (Å²) in [4.78, 5) is 8.30. The molecule has 0 fully saturated rings. The standard InChI is InChI=1S/C12H15N5/c1-3-4-11(10-5-7-15-8-6-10)16-9(2)12(13)17-14/h3-8H,1,14H2,2H3,(H2,13,17)/b11-4-,16-9-. The second-order valence-corrected chi connectivity index (χ2v) is 3.24. The quantitative estimate of drug-likeness (QED) is 0.268. The molecule has 88 valence electrons. The first-order valence-electron chi connectivity index (χ1n) is 5.01. The van der Waals surface area contributed by atoms with E-state index in [1.165, 1.54) is 0 Å². The molecule has 0 saturated carbocycles. The summed E-state index contributed by atoms with van der Waals surface area (Å²) >= 11 is 0. The van der Waals surface area contributed by atoms with Crippen molar-refractivity contribution < 1.29 is 0 Å². The fourth-order valence-electron chi connectivity index (χ4n) is 1.16. The molecular weight excluding hydrogens is 214 g/mol. The molecule has 0 amide bonds. The molecule has 0 bridgehead atoms. The number of hydrogen-bond acceptors (Lipinski definition) is 4. The third-order valence-corrected chi connectivity index (χ3v) is 2.05. The van der Waals surface area contributed by atoms with Crippen molar-refractivity contribution in [1.29, 1.82) is 0 Å². The SMILES string of the molecule is C=C\C=C(/N=C(C)\C(N)=N\N)c1ccncc1. The van der Waals surface area contributed by atoms with Crippen LogP contribution >= 0.6 is 0 Å². The van der Waals surface area contributed by atoms with Crippen molar-refractivity contribution in [3.63, 3.8) is 0 Å². The fourth-order valence-corrected chi connectivity index (χ4v) is 1.16. The summed E-state index contributed by atoms with van der Waals surface area (Å²) in [5.74, 6) is 5.30. The third kappa shape index (κ3) is 3.57. The van der Waals surface area contributed by atoms with Crippen molar-refractivity contribution in [2.45, 2.75) is 6.92 Å². The van der Waals surface area contributed by atoms with E-state index in [0.717, 1.165) is 11.3 Å². The van der Waals surface area contributed by atoms with Gasteiger partial charge in [0.25, 0.3) is 0 Å². The molecule has 1 aromatic rings. The molecule has 0 aliphatic rings. The van der Waals surface area contributed by atoms with Crippen molar-refractivity contribution in [2.75, 3.05) is 0 Å². The van der Waals surface area contributed by atoms with Gasteiger partial charge in [0, 0.05) is 18.0 Å². The number of hydrogen-bond donors (Lipinski definition) is 2.